The van der Waals surface area contributed by atoms with Crippen molar-refractivity contribution in [1.29, 1.82) is 0 Å². The zero-order valence-corrected chi connectivity index (χ0v) is 13.5. The molecule has 3 amide bonds. The first-order chi connectivity index (χ1) is 10.7. The number of nitrogens with one attached hydrogen (secondary N) is 1. The van der Waals surface area contributed by atoms with E-state index in [0.29, 0.717) is 13.1 Å². The average molecular weight is 325 g/mol. The van der Waals surface area contributed by atoms with Crippen molar-refractivity contribution in [3.05, 3.63) is 35.4 Å². The molecule has 0 aliphatic carbocycles. The zero-order chi connectivity index (χ0) is 17.2. The molecule has 1 aromatic rings. The maximum atomic E-state index is 13.7. The largest absolute Gasteiger partial charge is 0.335 e. The lowest BCUT2D eigenvalue weighted by atomic mass is 10.1. The van der Waals surface area contributed by atoms with Crippen molar-refractivity contribution in [2.75, 3.05) is 26.2 Å². The summed E-state index contributed by atoms with van der Waals surface area (Å²) in [6, 6.07) is 2.62. The molecule has 0 spiro atoms. The molecule has 0 radical (unpaired) electrons. The van der Waals surface area contributed by atoms with Crippen molar-refractivity contribution in [3.63, 3.8) is 0 Å². The predicted molar refractivity (Wildman–Crippen MR) is 82.1 cm³/mol. The van der Waals surface area contributed by atoms with Crippen LogP contribution in [-0.4, -0.2) is 53.5 Å². The van der Waals surface area contributed by atoms with Crippen LogP contribution in [0, 0.1) is 11.6 Å². The molecule has 126 valence electrons. The minimum absolute atomic E-state index is 0.193. The summed E-state index contributed by atoms with van der Waals surface area (Å²) >= 11 is 0. The Kier molecular flexibility index (Phi) is 4.87. The summed E-state index contributed by atoms with van der Waals surface area (Å²) < 4.78 is 26.9. The molecule has 1 aromatic carbocycles. The Bertz CT molecular complexity index is 606. The summed E-state index contributed by atoms with van der Waals surface area (Å²) in [6.07, 6.45) is 0. The Morgan fingerprint density at radius 1 is 1.04 bits per heavy atom. The molecule has 1 aliphatic heterocycles. The quantitative estimate of drug-likeness (QED) is 0.861. The highest BCUT2D eigenvalue weighted by atomic mass is 19.1. The van der Waals surface area contributed by atoms with E-state index in [1.54, 1.807) is 4.90 Å². The van der Waals surface area contributed by atoms with Crippen LogP contribution in [0.25, 0.3) is 0 Å². The van der Waals surface area contributed by atoms with Crippen LogP contribution in [0.3, 0.4) is 0 Å². The van der Waals surface area contributed by atoms with Gasteiger partial charge in [-0.1, -0.05) is 0 Å². The fourth-order valence-corrected chi connectivity index (χ4v) is 2.34. The monoisotopic (exact) mass is 325 g/mol. The van der Waals surface area contributed by atoms with Crippen molar-refractivity contribution in [2.24, 2.45) is 0 Å². The Hall–Kier alpha value is -2.18. The number of carbonyl (C=O) groups excluding carboxylic acids is 2. The number of rotatable bonds is 1. The molecule has 0 atom stereocenters. The molecule has 5 nitrogen and oxygen atoms in total. The van der Waals surface area contributed by atoms with Gasteiger partial charge in [0.15, 0.2) is 0 Å². The second-order valence-electron chi connectivity index (χ2n) is 6.58. The molecule has 1 saturated heterocycles. The van der Waals surface area contributed by atoms with Gasteiger partial charge in [-0.2, -0.15) is 0 Å². The summed E-state index contributed by atoms with van der Waals surface area (Å²) in [6.45, 7) is 6.93. The Balaban J connectivity index is 1.97. The minimum atomic E-state index is -0.746. The van der Waals surface area contributed by atoms with Crippen molar-refractivity contribution in [2.45, 2.75) is 26.3 Å². The standard InChI is InChI=1S/C16H21F2N3O2/c1-16(2,3)19-15(23)21-8-6-20(7-9-21)14(22)12-10-11(17)4-5-13(12)18/h4-5,10H,6-9H2,1-3H3,(H,19,23). The van der Waals surface area contributed by atoms with E-state index in [9.17, 15) is 18.4 Å². The van der Waals surface area contributed by atoms with Crippen LogP contribution >= 0.6 is 0 Å². The molecule has 7 heteroatoms. The van der Waals surface area contributed by atoms with Crippen LogP contribution in [0.1, 0.15) is 31.1 Å². The smallest absolute Gasteiger partial charge is 0.317 e. The van der Waals surface area contributed by atoms with Crippen molar-refractivity contribution in [3.8, 4) is 0 Å². The highest BCUT2D eigenvalue weighted by Crippen LogP contribution is 2.14. The molecule has 0 saturated carbocycles. The second-order valence-corrected chi connectivity index (χ2v) is 6.58. The highest BCUT2D eigenvalue weighted by molar-refractivity contribution is 5.94. The van der Waals surface area contributed by atoms with Crippen LogP contribution in [0.2, 0.25) is 0 Å². The van der Waals surface area contributed by atoms with E-state index in [-0.39, 0.29) is 30.2 Å². The molecule has 0 aromatic heterocycles. The van der Waals surface area contributed by atoms with E-state index in [0.717, 1.165) is 18.2 Å². The van der Waals surface area contributed by atoms with Gasteiger partial charge in [-0.15, -0.1) is 0 Å². The van der Waals surface area contributed by atoms with Gasteiger partial charge in [0.2, 0.25) is 0 Å². The van der Waals surface area contributed by atoms with E-state index in [2.05, 4.69) is 5.32 Å². The molecular formula is C16H21F2N3O2. The number of halogens is 2. The molecule has 1 aliphatic rings. The third-order valence-corrected chi connectivity index (χ3v) is 3.49. The number of piperazine rings is 1. The zero-order valence-electron chi connectivity index (χ0n) is 13.5. The molecule has 1 N–H and O–H groups in total. The summed E-state index contributed by atoms with van der Waals surface area (Å²) in [5.41, 5.74) is -0.619. The van der Waals surface area contributed by atoms with Gasteiger partial charge >= 0.3 is 6.03 Å². The molecule has 23 heavy (non-hydrogen) atoms. The van der Waals surface area contributed by atoms with Gasteiger partial charge in [-0.05, 0) is 39.0 Å². The SMILES string of the molecule is CC(C)(C)NC(=O)N1CCN(C(=O)c2cc(F)ccc2F)CC1. The average Bonchev–Trinajstić information content (AvgIpc) is 2.47. The van der Waals surface area contributed by atoms with Crippen LogP contribution < -0.4 is 5.32 Å². The predicted octanol–water partition coefficient (Wildman–Crippen LogP) is 2.23. The lowest BCUT2D eigenvalue weighted by Gasteiger charge is -2.36. The lowest BCUT2D eigenvalue weighted by Crippen LogP contribution is -2.56. The third kappa shape index (κ3) is 4.40. The molecule has 0 unspecified atom stereocenters. The van der Waals surface area contributed by atoms with Crippen molar-refractivity contribution in [1.82, 2.24) is 15.1 Å². The van der Waals surface area contributed by atoms with Gasteiger partial charge in [0.25, 0.3) is 5.91 Å². The Labute approximate surface area is 134 Å². The van der Waals surface area contributed by atoms with E-state index in [1.807, 2.05) is 20.8 Å². The highest BCUT2D eigenvalue weighted by Gasteiger charge is 2.27. The molecule has 0 bridgehead atoms. The minimum Gasteiger partial charge on any atom is -0.335 e. The summed E-state index contributed by atoms with van der Waals surface area (Å²) in [4.78, 5) is 27.4. The number of amides is 3. The normalized spacial score (nSPS) is 15.5. The van der Waals surface area contributed by atoms with Gasteiger partial charge in [0.1, 0.15) is 11.6 Å². The van der Waals surface area contributed by atoms with Gasteiger partial charge in [0.05, 0.1) is 5.56 Å². The number of benzene rings is 1. The maximum Gasteiger partial charge on any atom is 0.317 e. The van der Waals surface area contributed by atoms with Gasteiger partial charge in [-0.25, -0.2) is 13.6 Å². The van der Waals surface area contributed by atoms with Crippen LogP contribution in [0.4, 0.5) is 13.6 Å². The number of hydrogen-bond acceptors (Lipinski definition) is 2. The maximum absolute atomic E-state index is 13.7. The first kappa shape index (κ1) is 17.2. The Morgan fingerprint density at radius 2 is 1.61 bits per heavy atom. The van der Waals surface area contributed by atoms with E-state index in [4.69, 9.17) is 0 Å². The molecular weight excluding hydrogens is 304 g/mol. The topological polar surface area (TPSA) is 52.7 Å². The lowest BCUT2D eigenvalue weighted by molar-refractivity contribution is 0.0656. The van der Waals surface area contributed by atoms with Gasteiger partial charge < -0.3 is 15.1 Å². The third-order valence-electron chi connectivity index (χ3n) is 3.49. The molecule has 1 heterocycles. The molecule has 2 rings (SSSR count). The van der Waals surface area contributed by atoms with Gasteiger partial charge in [0, 0.05) is 31.7 Å². The number of hydrogen-bond donors (Lipinski definition) is 1. The Morgan fingerprint density at radius 3 is 2.17 bits per heavy atom. The van der Waals surface area contributed by atoms with Crippen molar-refractivity contribution >= 4 is 11.9 Å². The van der Waals surface area contributed by atoms with E-state index in [1.165, 1.54) is 4.90 Å². The molecule has 1 fully saturated rings. The first-order valence-corrected chi connectivity index (χ1v) is 7.49. The number of carbonyl (C=O) groups is 2. The van der Waals surface area contributed by atoms with Crippen molar-refractivity contribution < 1.29 is 18.4 Å². The summed E-state index contributed by atoms with van der Waals surface area (Å²) in [5, 5.41) is 2.86. The number of urea groups is 1. The second kappa shape index (κ2) is 6.52. The summed E-state index contributed by atoms with van der Waals surface area (Å²) in [7, 11) is 0. The first-order valence-electron chi connectivity index (χ1n) is 7.49. The van der Waals surface area contributed by atoms with E-state index < -0.39 is 17.5 Å². The number of nitrogens with zero attached hydrogens (tertiary/aromatic N) is 2. The van der Waals surface area contributed by atoms with Crippen LogP contribution in [-0.2, 0) is 0 Å². The summed E-state index contributed by atoms with van der Waals surface area (Å²) in [5.74, 6) is -1.96. The van der Waals surface area contributed by atoms with Crippen LogP contribution in [0.5, 0.6) is 0 Å². The fraction of sp³-hybridized carbons (Fsp3) is 0.500. The van der Waals surface area contributed by atoms with Gasteiger partial charge in [-0.3, -0.25) is 4.79 Å². The van der Waals surface area contributed by atoms with E-state index >= 15 is 0 Å². The van der Waals surface area contributed by atoms with Crippen LogP contribution in [0.15, 0.2) is 18.2 Å². The fourth-order valence-electron chi connectivity index (χ4n) is 2.34.